The molecule has 0 aromatic heterocycles. The van der Waals surface area contributed by atoms with Gasteiger partial charge in [-0.1, -0.05) is 18.2 Å². The summed E-state index contributed by atoms with van der Waals surface area (Å²) in [5.41, 5.74) is 2.74. The molecule has 2 aliphatic heterocycles. The van der Waals surface area contributed by atoms with E-state index in [0.717, 1.165) is 32.0 Å². The number of nitrogens with zero attached hydrogens (tertiary/aromatic N) is 2. The monoisotopic (exact) mass is 187 g/mol. The normalized spacial score (nSPS) is 19.1. The van der Waals surface area contributed by atoms with Gasteiger partial charge in [0, 0.05) is 25.3 Å². The molecule has 0 spiro atoms. The Hall–Kier alpha value is -1.51. The van der Waals surface area contributed by atoms with Gasteiger partial charge < -0.3 is 10.2 Å². The minimum atomic E-state index is 0.899. The predicted octanol–water partition coefficient (Wildman–Crippen LogP) is 1.01. The van der Waals surface area contributed by atoms with Crippen LogP contribution in [0.25, 0.3) is 0 Å². The fourth-order valence-electron chi connectivity index (χ4n) is 2.12. The van der Waals surface area contributed by atoms with Crippen LogP contribution in [0.5, 0.6) is 0 Å². The van der Waals surface area contributed by atoms with Crippen LogP contribution >= 0.6 is 0 Å². The second-order valence-electron chi connectivity index (χ2n) is 3.66. The van der Waals surface area contributed by atoms with Gasteiger partial charge in [-0.2, -0.15) is 0 Å². The summed E-state index contributed by atoms with van der Waals surface area (Å²) in [4.78, 5) is 6.81. The molecule has 1 aromatic rings. The Morgan fingerprint density at radius 3 is 3.21 bits per heavy atom. The fourth-order valence-corrected chi connectivity index (χ4v) is 2.12. The molecule has 72 valence electrons. The number of hydrogen-bond acceptors (Lipinski definition) is 3. The van der Waals surface area contributed by atoms with Crippen LogP contribution in [-0.2, 0) is 6.42 Å². The molecular weight excluding hydrogens is 174 g/mol. The van der Waals surface area contributed by atoms with Crippen LogP contribution in [0.1, 0.15) is 5.56 Å². The average molecular weight is 187 g/mol. The maximum atomic E-state index is 4.53. The molecule has 0 amide bonds. The smallest absolute Gasteiger partial charge is 0.198 e. The van der Waals surface area contributed by atoms with Gasteiger partial charge in [-0.05, 0) is 18.1 Å². The summed E-state index contributed by atoms with van der Waals surface area (Å²) in [6.07, 6.45) is 1.05. The molecular formula is C11H13N3. The van der Waals surface area contributed by atoms with Crippen molar-refractivity contribution in [2.45, 2.75) is 6.42 Å². The highest BCUT2D eigenvalue weighted by Crippen LogP contribution is 2.24. The zero-order chi connectivity index (χ0) is 9.38. The maximum Gasteiger partial charge on any atom is 0.198 e. The lowest BCUT2D eigenvalue weighted by atomic mass is 10.1. The first-order chi connectivity index (χ1) is 6.95. The summed E-state index contributed by atoms with van der Waals surface area (Å²) in [7, 11) is 0. The number of hydrogen-bond donors (Lipinski definition) is 1. The summed E-state index contributed by atoms with van der Waals surface area (Å²) in [5.74, 6) is 1.05. The zero-order valence-corrected chi connectivity index (χ0v) is 8.03. The Morgan fingerprint density at radius 2 is 2.21 bits per heavy atom. The lowest BCUT2D eigenvalue weighted by Crippen LogP contribution is -2.29. The Balaban J connectivity index is 2.11. The van der Waals surface area contributed by atoms with Crippen molar-refractivity contribution in [3.8, 4) is 0 Å². The quantitative estimate of drug-likeness (QED) is 0.656. The number of benzene rings is 1. The molecule has 1 N–H and O–H groups in total. The van der Waals surface area contributed by atoms with Gasteiger partial charge in [0.05, 0.1) is 0 Å². The van der Waals surface area contributed by atoms with E-state index in [9.17, 15) is 0 Å². The van der Waals surface area contributed by atoms with Crippen molar-refractivity contribution in [1.82, 2.24) is 5.32 Å². The van der Waals surface area contributed by atoms with Gasteiger partial charge in [0.1, 0.15) is 0 Å². The molecule has 2 aliphatic rings. The van der Waals surface area contributed by atoms with Crippen molar-refractivity contribution in [2.75, 3.05) is 24.5 Å². The molecule has 0 unspecified atom stereocenters. The van der Waals surface area contributed by atoms with E-state index < -0.39 is 0 Å². The van der Waals surface area contributed by atoms with Crippen molar-refractivity contribution < 1.29 is 0 Å². The number of rotatable bonds is 0. The first-order valence-corrected chi connectivity index (χ1v) is 5.09. The second-order valence-corrected chi connectivity index (χ2v) is 3.66. The van der Waals surface area contributed by atoms with Crippen LogP contribution in [0.15, 0.2) is 29.3 Å². The van der Waals surface area contributed by atoms with Gasteiger partial charge in [0.15, 0.2) is 5.96 Å². The molecule has 3 nitrogen and oxygen atoms in total. The molecule has 1 fully saturated rings. The molecule has 1 saturated heterocycles. The van der Waals surface area contributed by atoms with Crippen LogP contribution in [0.2, 0.25) is 0 Å². The zero-order valence-electron chi connectivity index (χ0n) is 8.03. The molecule has 2 heterocycles. The van der Waals surface area contributed by atoms with Gasteiger partial charge in [-0.3, -0.25) is 4.99 Å². The molecule has 0 aliphatic carbocycles. The predicted molar refractivity (Wildman–Crippen MR) is 57.8 cm³/mol. The second kappa shape index (κ2) is 3.01. The highest BCUT2D eigenvalue weighted by molar-refractivity contribution is 5.99. The number of aliphatic imine (C=N–C) groups is 1. The summed E-state index contributed by atoms with van der Waals surface area (Å²) >= 11 is 0. The minimum Gasteiger partial charge on any atom is -0.354 e. The van der Waals surface area contributed by atoms with Crippen LogP contribution in [0, 0.1) is 0 Å². The lowest BCUT2D eigenvalue weighted by molar-refractivity contribution is 0.934. The van der Waals surface area contributed by atoms with Crippen LogP contribution in [-0.4, -0.2) is 25.6 Å². The van der Waals surface area contributed by atoms with Crippen molar-refractivity contribution in [2.24, 2.45) is 4.99 Å². The summed E-state index contributed by atoms with van der Waals surface area (Å²) < 4.78 is 0. The molecule has 0 radical (unpaired) electrons. The number of anilines is 1. The van der Waals surface area contributed by atoms with Crippen LogP contribution < -0.4 is 10.2 Å². The highest BCUT2D eigenvalue weighted by atomic mass is 15.4. The van der Waals surface area contributed by atoms with E-state index in [-0.39, 0.29) is 0 Å². The van der Waals surface area contributed by atoms with Gasteiger partial charge in [0.25, 0.3) is 0 Å². The third-order valence-electron chi connectivity index (χ3n) is 2.80. The fraction of sp³-hybridized carbons (Fsp3) is 0.364. The topological polar surface area (TPSA) is 27.6 Å². The lowest BCUT2D eigenvalue weighted by Gasteiger charge is -2.18. The SMILES string of the molecule is c1ccc2c(c1)CCN=C1NCCN12. The Morgan fingerprint density at radius 1 is 1.29 bits per heavy atom. The van der Waals surface area contributed by atoms with Crippen LogP contribution in [0.3, 0.4) is 0 Å². The van der Waals surface area contributed by atoms with Gasteiger partial charge in [-0.25, -0.2) is 0 Å². The number of guanidine groups is 1. The van der Waals surface area contributed by atoms with Crippen molar-refractivity contribution >= 4 is 11.6 Å². The average Bonchev–Trinajstić information content (AvgIpc) is 2.61. The molecule has 0 atom stereocenters. The van der Waals surface area contributed by atoms with E-state index in [1.54, 1.807) is 0 Å². The largest absolute Gasteiger partial charge is 0.354 e. The van der Waals surface area contributed by atoms with Gasteiger partial charge >= 0.3 is 0 Å². The van der Waals surface area contributed by atoms with E-state index in [0.29, 0.717) is 0 Å². The Kier molecular flexibility index (Phi) is 1.69. The van der Waals surface area contributed by atoms with Crippen LogP contribution in [0.4, 0.5) is 5.69 Å². The third kappa shape index (κ3) is 1.09. The van der Waals surface area contributed by atoms with E-state index in [4.69, 9.17) is 0 Å². The summed E-state index contributed by atoms with van der Waals surface area (Å²) in [6, 6.07) is 8.59. The summed E-state index contributed by atoms with van der Waals surface area (Å²) in [5, 5.41) is 3.32. The van der Waals surface area contributed by atoms with E-state index in [1.807, 2.05) is 0 Å². The number of nitrogens with one attached hydrogen (secondary N) is 1. The molecule has 3 rings (SSSR count). The molecule has 0 bridgehead atoms. The molecule has 0 saturated carbocycles. The first-order valence-electron chi connectivity index (χ1n) is 5.09. The van der Waals surface area contributed by atoms with Crippen molar-refractivity contribution in [3.05, 3.63) is 29.8 Å². The minimum absolute atomic E-state index is 0.899. The third-order valence-corrected chi connectivity index (χ3v) is 2.80. The van der Waals surface area contributed by atoms with E-state index >= 15 is 0 Å². The molecule has 3 heteroatoms. The van der Waals surface area contributed by atoms with Crippen molar-refractivity contribution in [1.29, 1.82) is 0 Å². The number of fused-ring (bicyclic) bond motifs is 3. The molecule has 14 heavy (non-hydrogen) atoms. The standard InChI is InChI=1S/C11H13N3/c1-2-4-10-9(3-1)5-6-12-11-13-7-8-14(10)11/h1-4H,5-8H2,(H,12,13). The maximum absolute atomic E-state index is 4.53. The Labute approximate surface area is 83.4 Å². The van der Waals surface area contributed by atoms with Crippen molar-refractivity contribution in [3.63, 3.8) is 0 Å². The first kappa shape index (κ1) is 7.85. The molecule has 1 aromatic carbocycles. The summed E-state index contributed by atoms with van der Waals surface area (Å²) in [6.45, 7) is 2.94. The van der Waals surface area contributed by atoms with Gasteiger partial charge in [-0.15, -0.1) is 0 Å². The Bertz CT molecular complexity index is 384. The van der Waals surface area contributed by atoms with E-state index in [2.05, 4.69) is 39.5 Å². The van der Waals surface area contributed by atoms with Gasteiger partial charge in [0.2, 0.25) is 0 Å². The number of para-hydroxylation sites is 1. The van der Waals surface area contributed by atoms with E-state index in [1.165, 1.54) is 11.3 Å². The highest BCUT2D eigenvalue weighted by Gasteiger charge is 2.23.